The van der Waals surface area contributed by atoms with Crippen LogP contribution in [0.5, 0.6) is 0 Å². The van der Waals surface area contributed by atoms with Crippen molar-refractivity contribution in [3.63, 3.8) is 0 Å². The maximum absolute atomic E-state index is 13.7. The number of halogens is 1. The molecule has 0 amide bonds. The third-order valence-corrected chi connectivity index (χ3v) is 6.12. The van der Waals surface area contributed by atoms with E-state index in [2.05, 4.69) is 9.62 Å². The summed E-state index contributed by atoms with van der Waals surface area (Å²) in [5.41, 5.74) is 2.48. The Hall–Kier alpha value is -1.80. The maximum Gasteiger partial charge on any atom is 0.215 e. The van der Waals surface area contributed by atoms with E-state index in [1.54, 1.807) is 6.07 Å². The molecule has 1 unspecified atom stereocenters. The van der Waals surface area contributed by atoms with Crippen LogP contribution in [0.3, 0.4) is 0 Å². The van der Waals surface area contributed by atoms with Gasteiger partial charge in [0.25, 0.3) is 0 Å². The minimum atomic E-state index is -3.51. The highest BCUT2D eigenvalue weighted by Crippen LogP contribution is 2.22. The molecule has 1 atom stereocenters. The number of rotatable bonds is 7. The summed E-state index contributed by atoms with van der Waals surface area (Å²) in [6.07, 6.45) is 0. The lowest BCUT2D eigenvalue weighted by molar-refractivity contribution is 0.0171. The van der Waals surface area contributed by atoms with Gasteiger partial charge in [0.1, 0.15) is 5.82 Å². The third-order valence-electron chi connectivity index (χ3n) is 4.82. The van der Waals surface area contributed by atoms with Crippen molar-refractivity contribution in [2.24, 2.45) is 0 Å². The monoisotopic (exact) mass is 392 g/mol. The smallest absolute Gasteiger partial charge is 0.215 e. The lowest BCUT2D eigenvalue weighted by atomic mass is 10.0. The molecule has 0 radical (unpaired) electrons. The molecule has 2 aromatic rings. The molecule has 1 N–H and O–H groups in total. The molecule has 0 aromatic heterocycles. The highest BCUT2D eigenvalue weighted by Gasteiger charge is 2.25. The summed E-state index contributed by atoms with van der Waals surface area (Å²) >= 11 is 0. The topological polar surface area (TPSA) is 58.6 Å². The van der Waals surface area contributed by atoms with Crippen LogP contribution in [0.4, 0.5) is 4.39 Å². The Morgan fingerprint density at radius 1 is 1.15 bits per heavy atom. The molecule has 0 aliphatic carbocycles. The van der Waals surface area contributed by atoms with Crippen molar-refractivity contribution in [3.05, 3.63) is 71.0 Å². The van der Waals surface area contributed by atoms with Crippen molar-refractivity contribution in [3.8, 4) is 0 Å². The lowest BCUT2D eigenvalue weighted by Crippen LogP contribution is -2.44. The fourth-order valence-corrected chi connectivity index (χ4v) is 4.54. The fourth-order valence-electron chi connectivity index (χ4n) is 3.29. The molecule has 1 heterocycles. The van der Waals surface area contributed by atoms with Crippen LogP contribution in [0.1, 0.15) is 22.7 Å². The van der Waals surface area contributed by atoms with Crippen LogP contribution in [-0.2, 0) is 20.5 Å². The van der Waals surface area contributed by atoms with E-state index < -0.39 is 10.0 Å². The number of morpholine rings is 1. The number of hydrogen-bond donors (Lipinski definition) is 1. The van der Waals surface area contributed by atoms with Gasteiger partial charge in [-0.2, -0.15) is 0 Å². The summed E-state index contributed by atoms with van der Waals surface area (Å²) in [4.78, 5) is 2.13. The predicted octanol–water partition coefficient (Wildman–Crippen LogP) is 2.63. The Kier molecular flexibility index (Phi) is 6.59. The van der Waals surface area contributed by atoms with Crippen molar-refractivity contribution in [2.75, 3.05) is 32.8 Å². The van der Waals surface area contributed by atoms with Crippen molar-refractivity contribution in [2.45, 2.75) is 18.7 Å². The Morgan fingerprint density at radius 3 is 2.59 bits per heavy atom. The molecular weight excluding hydrogens is 367 g/mol. The van der Waals surface area contributed by atoms with E-state index in [0.29, 0.717) is 26.3 Å². The van der Waals surface area contributed by atoms with Gasteiger partial charge in [-0.05, 0) is 35.7 Å². The lowest BCUT2D eigenvalue weighted by Gasteiger charge is -2.35. The molecule has 7 heteroatoms. The zero-order valence-electron chi connectivity index (χ0n) is 15.4. The first kappa shape index (κ1) is 19.9. The average Bonchev–Trinajstić information content (AvgIpc) is 2.65. The van der Waals surface area contributed by atoms with Gasteiger partial charge in [0.05, 0.1) is 19.0 Å². The summed E-state index contributed by atoms with van der Waals surface area (Å²) in [5.74, 6) is -0.396. The molecule has 146 valence electrons. The maximum atomic E-state index is 13.7. The molecule has 1 aliphatic heterocycles. The predicted molar refractivity (Wildman–Crippen MR) is 103 cm³/mol. The van der Waals surface area contributed by atoms with Gasteiger partial charge < -0.3 is 4.74 Å². The van der Waals surface area contributed by atoms with Crippen LogP contribution in [0.15, 0.2) is 48.5 Å². The second-order valence-electron chi connectivity index (χ2n) is 6.75. The molecule has 1 saturated heterocycles. The first-order valence-corrected chi connectivity index (χ1v) is 10.7. The molecule has 5 nitrogen and oxygen atoms in total. The number of nitrogens with one attached hydrogen (secondary N) is 1. The van der Waals surface area contributed by atoms with E-state index in [9.17, 15) is 12.8 Å². The molecule has 0 saturated carbocycles. The van der Waals surface area contributed by atoms with Crippen molar-refractivity contribution in [1.82, 2.24) is 9.62 Å². The van der Waals surface area contributed by atoms with Crippen molar-refractivity contribution < 1.29 is 17.5 Å². The van der Waals surface area contributed by atoms with E-state index in [1.165, 1.54) is 12.1 Å². The zero-order valence-corrected chi connectivity index (χ0v) is 16.2. The largest absolute Gasteiger partial charge is 0.379 e. The first-order chi connectivity index (χ1) is 12.9. The van der Waals surface area contributed by atoms with Gasteiger partial charge >= 0.3 is 0 Å². The van der Waals surface area contributed by atoms with Gasteiger partial charge in [-0.25, -0.2) is 17.5 Å². The van der Waals surface area contributed by atoms with Crippen LogP contribution >= 0.6 is 0 Å². The minimum Gasteiger partial charge on any atom is -0.379 e. The normalized spacial score (nSPS) is 17.0. The van der Waals surface area contributed by atoms with Gasteiger partial charge in [-0.15, -0.1) is 0 Å². The van der Waals surface area contributed by atoms with Gasteiger partial charge in [0, 0.05) is 25.7 Å². The second-order valence-corrected chi connectivity index (χ2v) is 8.56. The molecule has 0 bridgehead atoms. The van der Waals surface area contributed by atoms with Gasteiger partial charge in [0.2, 0.25) is 10.0 Å². The summed E-state index contributed by atoms with van der Waals surface area (Å²) in [5, 5.41) is 0. The van der Waals surface area contributed by atoms with E-state index in [1.807, 2.05) is 37.3 Å². The van der Waals surface area contributed by atoms with Crippen LogP contribution in [-0.4, -0.2) is 46.2 Å². The number of hydrogen-bond acceptors (Lipinski definition) is 4. The quantitative estimate of drug-likeness (QED) is 0.787. The number of aryl methyl sites for hydroxylation is 1. The highest BCUT2D eigenvalue weighted by molar-refractivity contribution is 7.88. The highest BCUT2D eigenvalue weighted by atomic mass is 32.2. The van der Waals surface area contributed by atoms with Gasteiger partial charge in [-0.1, -0.05) is 36.4 Å². The zero-order chi connectivity index (χ0) is 19.3. The number of nitrogens with zero attached hydrogens (tertiary/aromatic N) is 1. The Bertz CT molecular complexity index is 867. The van der Waals surface area contributed by atoms with E-state index in [-0.39, 0.29) is 24.2 Å². The summed E-state index contributed by atoms with van der Waals surface area (Å²) in [7, 11) is -3.51. The third kappa shape index (κ3) is 5.59. The molecule has 3 rings (SSSR count). The van der Waals surface area contributed by atoms with E-state index in [4.69, 9.17) is 4.74 Å². The Labute approximate surface area is 160 Å². The Morgan fingerprint density at radius 2 is 1.89 bits per heavy atom. The summed E-state index contributed by atoms with van der Waals surface area (Å²) < 4.78 is 47.0. The number of ether oxygens (including phenoxy) is 1. The summed E-state index contributed by atoms with van der Waals surface area (Å²) in [6, 6.07) is 13.5. The molecule has 0 spiro atoms. The Balaban J connectivity index is 1.74. The summed E-state index contributed by atoms with van der Waals surface area (Å²) in [6.45, 7) is 4.62. The van der Waals surface area contributed by atoms with Crippen molar-refractivity contribution in [1.29, 1.82) is 0 Å². The molecule has 1 fully saturated rings. The molecule has 27 heavy (non-hydrogen) atoms. The second kappa shape index (κ2) is 8.93. The van der Waals surface area contributed by atoms with Crippen LogP contribution in [0.25, 0.3) is 0 Å². The van der Waals surface area contributed by atoms with Crippen LogP contribution < -0.4 is 4.72 Å². The van der Waals surface area contributed by atoms with Crippen molar-refractivity contribution >= 4 is 10.0 Å². The fraction of sp³-hybridized carbons (Fsp3) is 0.400. The standard InChI is InChI=1S/C20H25FN2O3S/c1-16-5-2-3-6-18(16)15-27(24,25)22-14-20(23-9-11-26-12-10-23)17-7-4-8-19(21)13-17/h2-8,13,20,22H,9-12,14-15H2,1H3. The van der Waals surface area contributed by atoms with Gasteiger partial charge in [-0.3, -0.25) is 4.90 Å². The van der Waals surface area contributed by atoms with Crippen LogP contribution in [0.2, 0.25) is 0 Å². The van der Waals surface area contributed by atoms with E-state index in [0.717, 1.165) is 16.7 Å². The van der Waals surface area contributed by atoms with Gasteiger partial charge in [0.15, 0.2) is 0 Å². The molecule has 2 aromatic carbocycles. The average molecular weight is 392 g/mol. The first-order valence-electron chi connectivity index (χ1n) is 9.04. The van der Waals surface area contributed by atoms with E-state index >= 15 is 0 Å². The number of sulfonamides is 1. The molecule has 1 aliphatic rings. The number of benzene rings is 2. The molecular formula is C20H25FN2O3S. The SMILES string of the molecule is Cc1ccccc1CS(=O)(=O)NCC(c1cccc(F)c1)N1CCOCC1. The minimum absolute atomic E-state index is 0.0708. The van der Waals surface area contributed by atoms with Crippen LogP contribution in [0, 0.1) is 12.7 Å².